The van der Waals surface area contributed by atoms with E-state index in [-0.39, 0.29) is 24.5 Å². The van der Waals surface area contributed by atoms with Gasteiger partial charge in [-0.15, -0.1) is 0 Å². The molecular formula is C25H36N4O2. The minimum absolute atomic E-state index is 0. The van der Waals surface area contributed by atoms with E-state index in [9.17, 15) is 4.79 Å². The number of ether oxygens (including phenoxy) is 1. The van der Waals surface area contributed by atoms with Crippen LogP contribution in [0.1, 0.15) is 72.6 Å². The van der Waals surface area contributed by atoms with Crippen LogP contribution in [0.25, 0.3) is 11.0 Å². The molecule has 1 N–H and O–H groups in total. The first-order valence-corrected chi connectivity index (χ1v) is 11.2. The lowest BCUT2D eigenvalue weighted by atomic mass is 9.81. The van der Waals surface area contributed by atoms with Crippen LogP contribution in [0.5, 0.6) is 0 Å². The first-order valence-electron chi connectivity index (χ1n) is 11.2. The van der Waals surface area contributed by atoms with Crippen molar-refractivity contribution in [3.63, 3.8) is 0 Å². The van der Waals surface area contributed by atoms with Crippen LogP contribution < -0.4 is 10.9 Å². The van der Waals surface area contributed by atoms with E-state index in [1.54, 1.807) is 22.9 Å². The number of rotatable bonds is 5. The van der Waals surface area contributed by atoms with Gasteiger partial charge in [0.05, 0.1) is 12.6 Å². The Balaban J connectivity index is 0.00000118. The Morgan fingerprint density at radius 2 is 1.84 bits per heavy atom. The van der Waals surface area contributed by atoms with E-state index in [4.69, 9.17) is 4.74 Å². The number of nitrogens with one attached hydrogen (secondary N) is 1. The molecule has 6 nitrogen and oxygen atoms in total. The Morgan fingerprint density at radius 3 is 2.45 bits per heavy atom. The summed E-state index contributed by atoms with van der Waals surface area (Å²) >= 11 is 0. The summed E-state index contributed by atoms with van der Waals surface area (Å²) in [5.41, 5.74) is 3.19. The number of hydrogen-bond donors (Lipinski definition) is 1. The van der Waals surface area contributed by atoms with Gasteiger partial charge in [-0.25, -0.2) is 4.98 Å². The summed E-state index contributed by atoms with van der Waals surface area (Å²) in [6.45, 7) is 13.9. The second kappa shape index (κ2) is 9.60. The largest absolute Gasteiger partial charge is 0.381 e. The van der Waals surface area contributed by atoms with Crippen LogP contribution in [-0.4, -0.2) is 27.7 Å². The van der Waals surface area contributed by atoms with Gasteiger partial charge in [0.15, 0.2) is 0 Å². The predicted molar refractivity (Wildman–Crippen MR) is 129 cm³/mol. The van der Waals surface area contributed by atoms with Crippen molar-refractivity contribution in [3.8, 4) is 0 Å². The second-order valence-electron chi connectivity index (χ2n) is 8.46. The van der Waals surface area contributed by atoms with Crippen molar-refractivity contribution >= 4 is 17.0 Å². The molecule has 1 saturated heterocycles. The maximum Gasteiger partial charge on any atom is 0.252 e. The Hall–Kier alpha value is -2.73. The Labute approximate surface area is 186 Å². The zero-order chi connectivity index (χ0) is 22.6. The second-order valence-corrected chi connectivity index (χ2v) is 8.46. The van der Waals surface area contributed by atoms with Gasteiger partial charge in [0, 0.05) is 37.1 Å². The molecule has 0 aliphatic carbocycles. The first-order chi connectivity index (χ1) is 14.9. The fourth-order valence-corrected chi connectivity index (χ4v) is 3.95. The minimum Gasteiger partial charge on any atom is -0.381 e. The molecule has 1 aromatic carbocycles. The Morgan fingerprint density at radius 1 is 1.13 bits per heavy atom. The standard InChI is InChI=1S/C23H28N4O2.C2H6.H2/c1-15(2)27-20(28)10-7-18-13-24-22(26-21(18)27)25-16(3)17-5-8-19(9-6-17)23(4)11-12-29-14-23;1-2;/h5-10,13,15-16H,11-12,14H2,1-4H3,(H,24,25,26);1-2H3;1H/t16-,23?;;/m0../s1. The molecule has 1 unspecified atom stereocenters. The van der Waals surface area contributed by atoms with Gasteiger partial charge in [0.25, 0.3) is 5.56 Å². The SMILES string of the molecule is CC.CC(C)n1c(=O)ccc2cnc(N[C@@H](C)c3ccc(C4(C)CCOC4)cc3)nc21.[HH]. The fourth-order valence-electron chi connectivity index (χ4n) is 3.95. The third-order valence-electron chi connectivity index (χ3n) is 5.86. The highest BCUT2D eigenvalue weighted by Gasteiger charge is 2.31. The van der Waals surface area contributed by atoms with E-state index in [1.165, 1.54) is 5.56 Å². The van der Waals surface area contributed by atoms with Crippen LogP contribution in [0.4, 0.5) is 5.95 Å². The van der Waals surface area contributed by atoms with Crippen molar-refractivity contribution in [3.05, 3.63) is 64.1 Å². The van der Waals surface area contributed by atoms with E-state index >= 15 is 0 Å². The molecular weight excluding hydrogens is 388 g/mol. The molecule has 1 aliphatic rings. The van der Waals surface area contributed by atoms with Gasteiger partial charge in [-0.3, -0.25) is 9.36 Å². The van der Waals surface area contributed by atoms with Crippen molar-refractivity contribution in [2.24, 2.45) is 0 Å². The van der Waals surface area contributed by atoms with Gasteiger partial charge in [-0.2, -0.15) is 4.98 Å². The summed E-state index contributed by atoms with van der Waals surface area (Å²) in [5.74, 6) is 0.519. The van der Waals surface area contributed by atoms with Crippen molar-refractivity contribution in [2.75, 3.05) is 18.5 Å². The van der Waals surface area contributed by atoms with Crippen LogP contribution in [0.2, 0.25) is 0 Å². The van der Waals surface area contributed by atoms with Gasteiger partial charge in [0.1, 0.15) is 5.65 Å². The van der Waals surface area contributed by atoms with Crippen LogP contribution in [0.15, 0.2) is 47.4 Å². The summed E-state index contributed by atoms with van der Waals surface area (Å²) in [5, 5.41) is 4.23. The predicted octanol–water partition coefficient (Wildman–Crippen LogP) is 5.50. The van der Waals surface area contributed by atoms with E-state index in [0.717, 1.165) is 30.6 Å². The average Bonchev–Trinajstić information content (AvgIpc) is 3.22. The Bertz CT molecular complexity index is 1070. The van der Waals surface area contributed by atoms with E-state index in [2.05, 4.69) is 53.4 Å². The smallest absolute Gasteiger partial charge is 0.252 e. The van der Waals surface area contributed by atoms with Gasteiger partial charge >= 0.3 is 0 Å². The molecule has 31 heavy (non-hydrogen) atoms. The molecule has 0 amide bonds. The number of benzene rings is 1. The van der Waals surface area contributed by atoms with E-state index in [0.29, 0.717) is 11.6 Å². The van der Waals surface area contributed by atoms with Crippen molar-refractivity contribution in [2.45, 2.75) is 65.5 Å². The van der Waals surface area contributed by atoms with E-state index < -0.39 is 0 Å². The molecule has 2 aromatic heterocycles. The third kappa shape index (κ3) is 4.79. The van der Waals surface area contributed by atoms with Crippen molar-refractivity contribution in [1.82, 2.24) is 14.5 Å². The number of aromatic nitrogens is 3. The molecule has 2 atom stereocenters. The number of fused-ring (bicyclic) bond motifs is 1. The van der Waals surface area contributed by atoms with Gasteiger partial charge in [0.2, 0.25) is 5.95 Å². The van der Waals surface area contributed by atoms with Crippen molar-refractivity contribution < 1.29 is 6.16 Å². The molecule has 6 heteroatoms. The normalized spacial score (nSPS) is 19.2. The highest BCUT2D eigenvalue weighted by molar-refractivity contribution is 5.75. The highest BCUT2D eigenvalue weighted by atomic mass is 16.5. The number of anilines is 1. The number of pyridine rings is 1. The van der Waals surface area contributed by atoms with Crippen molar-refractivity contribution in [1.29, 1.82) is 0 Å². The van der Waals surface area contributed by atoms with Crippen LogP contribution in [0.3, 0.4) is 0 Å². The number of hydrogen-bond acceptors (Lipinski definition) is 5. The molecule has 4 rings (SSSR count). The van der Waals surface area contributed by atoms with Crippen LogP contribution >= 0.6 is 0 Å². The maximum atomic E-state index is 12.3. The van der Waals surface area contributed by atoms with Crippen LogP contribution in [0, 0.1) is 0 Å². The molecule has 0 spiro atoms. The van der Waals surface area contributed by atoms with E-state index in [1.807, 2.05) is 27.7 Å². The topological polar surface area (TPSA) is 69.0 Å². The molecule has 0 radical (unpaired) electrons. The molecule has 1 fully saturated rings. The summed E-state index contributed by atoms with van der Waals surface area (Å²) in [6, 6.07) is 12.1. The monoisotopic (exact) mass is 424 g/mol. The minimum atomic E-state index is -0.0508. The molecule has 0 bridgehead atoms. The van der Waals surface area contributed by atoms with Gasteiger partial charge < -0.3 is 10.1 Å². The fraction of sp³-hybridized carbons (Fsp3) is 0.480. The van der Waals surface area contributed by atoms with Gasteiger partial charge in [-0.05, 0) is 44.4 Å². The highest BCUT2D eigenvalue weighted by Crippen LogP contribution is 2.33. The zero-order valence-electron chi connectivity index (χ0n) is 19.5. The summed E-state index contributed by atoms with van der Waals surface area (Å²) < 4.78 is 7.29. The van der Waals surface area contributed by atoms with Gasteiger partial charge in [-0.1, -0.05) is 45.0 Å². The molecule has 3 aromatic rings. The summed E-state index contributed by atoms with van der Waals surface area (Å²) in [6.07, 6.45) is 2.82. The average molecular weight is 425 g/mol. The number of nitrogens with zero attached hydrogens (tertiary/aromatic N) is 3. The van der Waals surface area contributed by atoms with Crippen LogP contribution in [-0.2, 0) is 10.2 Å². The lowest BCUT2D eigenvalue weighted by Crippen LogP contribution is -2.22. The molecule has 1 aliphatic heterocycles. The first kappa shape index (κ1) is 22.9. The Kier molecular flexibility index (Phi) is 7.11. The molecule has 0 saturated carbocycles. The lowest BCUT2D eigenvalue weighted by molar-refractivity contribution is 0.181. The molecule has 3 heterocycles. The zero-order valence-corrected chi connectivity index (χ0v) is 19.5. The third-order valence-corrected chi connectivity index (χ3v) is 5.86. The summed E-state index contributed by atoms with van der Waals surface area (Å²) in [4.78, 5) is 21.3. The quantitative estimate of drug-likeness (QED) is 0.586. The maximum absolute atomic E-state index is 12.3. The lowest BCUT2D eigenvalue weighted by Gasteiger charge is -2.23. The molecule has 168 valence electrons. The summed E-state index contributed by atoms with van der Waals surface area (Å²) in [7, 11) is 0.